The van der Waals surface area contributed by atoms with Crippen molar-refractivity contribution in [3.8, 4) is 0 Å². The molecule has 1 heterocycles. The summed E-state index contributed by atoms with van der Waals surface area (Å²) in [7, 11) is 0. The molecule has 0 aliphatic carbocycles. The summed E-state index contributed by atoms with van der Waals surface area (Å²) in [5, 5.41) is 2.45. The molecule has 0 unspecified atom stereocenters. The van der Waals surface area contributed by atoms with Crippen molar-refractivity contribution < 1.29 is 23.5 Å². The van der Waals surface area contributed by atoms with Crippen LogP contribution in [0.4, 0.5) is 10.2 Å². The maximum Gasteiger partial charge on any atom is 0.313 e. The minimum Gasteiger partial charge on any atom is -0.466 e. The van der Waals surface area contributed by atoms with Gasteiger partial charge >= 0.3 is 5.97 Å². The quantitative estimate of drug-likeness (QED) is 0.500. The van der Waals surface area contributed by atoms with Crippen LogP contribution in [0.25, 0.3) is 0 Å². The molecular weight excluding hydrogens is 315 g/mol. The van der Waals surface area contributed by atoms with E-state index in [2.05, 4.69) is 10.3 Å². The summed E-state index contributed by atoms with van der Waals surface area (Å²) in [6, 6.07) is 9.20. The topological polar surface area (TPSA) is 85.4 Å². The van der Waals surface area contributed by atoms with Crippen LogP contribution in [0.15, 0.2) is 42.6 Å². The van der Waals surface area contributed by atoms with E-state index in [1.165, 1.54) is 0 Å². The first-order valence-corrected chi connectivity index (χ1v) is 7.22. The molecule has 0 radical (unpaired) electrons. The van der Waals surface area contributed by atoms with Gasteiger partial charge in [-0.1, -0.05) is 18.2 Å². The number of hydrogen-bond acceptors (Lipinski definition) is 5. The Kier molecular flexibility index (Phi) is 5.73. The predicted octanol–water partition coefficient (Wildman–Crippen LogP) is 2.61. The maximum absolute atomic E-state index is 13.4. The van der Waals surface area contributed by atoms with Crippen LogP contribution in [0.5, 0.6) is 0 Å². The molecule has 0 saturated carbocycles. The smallest absolute Gasteiger partial charge is 0.313 e. The van der Waals surface area contributed by atoms with Crippen molar-refractivity contribution in [1.29, 1.82) is 0 Å². The Morgan fingerprint density at radius 3 is 2.58 bits per heavy atom. The Morgan fingerprint density at radius 1 is 1.21 bits per heavy atom. The van der Waals surface area contributed by atoms with Crippen LogP contribution < -0.4 is 5.32 Å². The number of carbonyl (C=O) groups excluding carboxylic acids is 3. The molecule has 6 nitrogen and oxygen atoms in total. The van der Waals surface area contributed by atoms with E-state index in [0.29, 0.717) is 5.56 Å². The number of halogens is 1. The van der Waals surface area contributed by atoms with Gasteiger partial charge in [0.1, 0.15) is 18.1 Å². The Hall–Kier alpha value is -3.09. The lowest BCUT2D eigenvalue weighted by Gasteiger charge is -2.09. The van der Waals surface area contributed by atoms with Crippen LogP contribution in [-0.2, 0) is 9.53 Å². The van der Waals surface area contributed by atoms with Gasteiger partial charge < -0.3 is 10.1 Å². The van der Waals surface area contributed by atoms with Crippen molar-refractivity contribution >= 4 is 23.5 Å². The number of pyridine rings is 1. The number of aromatic nitrogens is 1. The summed E-state index contributed by atoms with van der Waals surface area (Å²) in [6.45, 7) is 1.74. The lowest BCUT2D eigenvalue weighted by atomic mass is 10.1. The molecule has 0 fully saturated rings. The highest BCUT2D eigenvalue weighted by atomic mass is 19.1. The van der Waals surface area contributed by atoms with Gasteiger partial charge in [0, 0.05) is 5.56 Å². The monoisotopic (exact) mass is 330 g/mol. The summed E-state index contributed by atoms with van der Waals surface area (Å²) < 4.78 is 18.1. The van der Waals surface area contributed by atoms with Gasteiger partial charge in [-0.15, -0.1) is 0 Å². The maximum atomic E-state index is 13.4. The van der Waals surface area contributed by atoms with E-state index < -0.39 is 29.9 Å². The fourth-order valence-electron chi connectivity index (χ4n) is 1.96. The van der Waals surface area contributed by atoms with Gasteiger partial charge in [0.2, 0.25) is 0 Å². The number of ether oxygens (including phenoxy) is 1. The zero-order chi connectivity index (χ0) is 17.5. The van der Waals surface area contributed by atoms with Crippen molar-refractivity contribution in [2.75, 3.05) is 11.9 Å². The van der Waals surface area contributed by atoms with Crippen molar-refractivity contribution in [2.45, 2.75) is 13.3 Å². The average Bonchev–Trinajstić information content (AvgIpc) is 2.57. The molecule has 0 aliphatic rings. The summed E-state index contributed by atoms with van der Waals surface area (Å²) >= 11 is 0. The van der Waals surface area contributed by atoms with Crippen LogP contribution in [0.1, 0.15) is 34.1 Å². The Balaban J connectivity index is 2.23. The zero-order valence-corrected chi connectivity index (χ0v) is 12.9. The van der Waals surface area contributed by atoms with Gasteiger partial charge in [-0.25, -0.2) is 9.37 Å². The number of anilines is 1. The largest absolute Gasteiger partial charge is 0.466 e. The zero-order valence-electron chi connectivity index (χ0n) is 12.9. The molecule has 24 heavy (non-hydrogen) atoms. The third-order valence-corrected chi connectivity index (χ3v) is 3.03. The van der Waals surface area contributed by atoms with Crippen LogP contribution >= 0.6 is 0 Å². The number of esters is 1. The fourth-order valence-corrected chi connectivity index (χ4v) is 1.96. The molecule has 0 atom stereocenters. The molecule has 124 valence electrons. The van der Waals surface area contributed by atoms with E-state index >= 15 is 0 Å². The molecule has 1 N–H and O–H groups in total. The second-order valence-electron chi connectivity index (χ2n) is 4.77. The van der Waals surface area contributed by atoms with Crippen molar-refractivity contribution in [3.63, 3.8) is 0 Å². The number of carbonyl (C=O) groups is 3. The van der Waals surface area contributed by atoms with E-state index in [1.54, 1.807) is 37.3 Å². The molecule has 1 aromatic heterocycles. The van der Waals surface area contributed by atoms with Crippen LogP contribution in [0, 0.1) is 5.82 Å². The summed E-state index contributed by atoms with van der Waals surface area (Å²) in [4.78, 5) is 39.5. The van der Waals surface area contributed by atoms with E-state index in [0.717, 1.165) is 12.3 Å². The fraction of sp³-hybridized carbons (Fsp3) is 0.176. The molecule has 7 heteroatoms. The molecule has 1 aromatic carbocycles. The third-order valence-electron chi connectivity index (χ3n) is 3.03. The number of nitrogens with one attached hydrogen (secondary N) is 1. The normalized spacial score (nSPS) is 10.1. The second-order valence-corrected chi connectivity index (χ2v) is 4.77. The predicted molar refractivity (Wildman–Crippen MR) is 84.2 cm³/mol. The SMILES string of the molecule is CCOC(=O)CC(=O)c1cc(F)cnc1NC(=O)c1ccccc1. The van der Waals surface area contributed by atoms with E-state index in [-0.39, 0.29) is 18.0 Å². The average molecular weight is 330 g/mol. The number of hydrogen-bond donors (Lipinski definition) is 1. The van der Waals surface area contributed by atoms with E-state index in [9.17, 15) is 18.8 Å². The number of amides is 1. The first-order valence-electron chi connectivity index (χ1n) is 7.22. The van der Waals surface area contributed by atoms with Gasteiger partial charge in [-0.3, -0.25) is 14.4 Å². The summed E-state index contributed by atoms with van der Waals surface area (Å²) in [5.74, 6) is -2.78. The van der Waals surface area contributed by atoms with Gasteiger partial charge in [0.25, 0.3) is 5.91 Å². The van der Waals surface area contributed by atoms with Gasteiger partial charge in [-0.2, -0.15) is 0 Å². The van der Waals surface area contributed by atoms with Crippen LogP contribution in [-0.4, -0.2) is 29.3 Å². The van der Waals surface area contributed by atoms with Gasteiger partial charge in [-0.05, 0) is 25.1 Å². The molecule has 0 aliphatic heterocycles. The Bertz CT molecular complexity index is 762. The third kappa shape index (κ3) is 4.45. The first kappa shape index (κ1) is 17.3. The lowest BCUT2D eigenvalue weighted by Crippen LogP contribution is -2.18. The minimum absolute atomic E-state index is 0.112. The molecular formula is C17H15FN2O4. The Labute approximate surface area is 137 Å². The number of ketones is 1. The standard InChI is InChI=1S/C17H15FN2O4/c1-2-24-15(22)9-14(21)13-8-12(18)10-19-16(13)20-17(23)11-6-4-3-5-7-11/h3-8,10H,2,9H2,1H3,(H,19,20,23). The highest BCUT2D eigenvalue weighted by molar-refractivity contribution is 6.12. The summed E-state index contributed by atoms with van der Waals surface area (Å²) in [6.07, 6.45) is 0.314. The number of rotatable bonds is 6. The number of benzene rings is 1. The molecule has 0 saturated heterocycles. The second kappa shape index (κ2) is 7.96. The minimum atomic E-state index is -0.750. The van der Waals surface area contributed by atoms with Crippen molar-refractivity contribution in [1.82, 2.24) is 4.98 Å². The Morgan fingerprint density at radius 2 is 1.92 bits per heavy atom. The van der Waals surface area contributed by atoms with E-state index in [4.69, 9.17) is 4.74 Å². The van der Waals surface area contributed by atoms with Crippen LogP contribution in [0.2, 0.25) is 0 Å². The highest BCUT2D eigenvalue weighted by Crippen LogP contribution is 2.17. The lowest BCUT2D eigenvalue weighted by molar-refractivity contribution is -0.141. The number of nitrogens with zero attached hydrogens (tertiary/aromatic N) is 1. The van der Waals surface area contributed by atoms with Crippen LogP contribution in [0.3, 0.4) is 0 Å². The molecule has 1 amide bonds. The van der Waals surface area contributed by atoms with Crippen molar-refractivity contribution in [2.24, 2.45) is 0 Å². The van der Waals surface area contributed by atoms with Gasteiger partial charge in [0.15, 0.2) is 5.78 Å². The molecule has 0 bridgehead atoms. The highest BCUT2D eigenvalue weighted by Gasteiger charge is 2.20. The molecule has 2 rings (SSSR count). The first-order chi connectivity index (χ1) is 11.5. The number of Topliss-reactive ketones (excluding diaryl/α,β-unsaturated/α-hetero) is 1. The van der Waals surface area contributed by atoms with E-state index in [1.807, 2.05) is 0 Å². The van der Waals surface area contributed by atoms with Gasteiger partial charge in [0.05, 0.1) is 18.4 Å². The summed E-state index contributed by atoms with van der Waals surface area (Å²) in [5.41, 5.74) is 0.166. The molecule has 0 spiro atoms. The molecule has 2 aromatic rings. The van der Waals surface area contributed by atoms with Crippen molar-refractivity contribution in [3.05, 3.63) is 59.5 Å².